The maximum absolute atomic E-state index is 13.6. The Hall–Kier alpha value is -3.85. The van der Waals surface area contributed by atoms with Crippen LogP contribution in [0.5, 0.6) is 0 Å². The number of aromatic nitrogens is 4. The number of amides is 1. The summed E-state index contributed by atoms with van der Waals surface area (Å²) in [6.45, 7) is 2.82. The third-order valence-corrected chi connectivity index (χ3v) is 6.36. The van der Waals surface area contributed by atoms with Crippen molar-refractivity contribution in [2.75, 3.05) is 26.7 Å². The minimum absolute atomic E-state index is 0.0975. The quantitative estimate of drug-likeness (QED) is 0.477. The van der Waals surface area contributed by atoms with E-state index in [2.05, 4.69) is 32.6 Å². The molecule has 1 aliphatic heterocycles. The summed E-state index contributed by atoms with van der Waals surface area (Å²) in [6, 6.07) is 12.8. The number of rotatable bonds is 5. The molecule has 1 fully saturated rings. The Morgan fingerprint density at radius 1 is 1.15 bits per heavy atom. The van der Waals surface area contributed by atoms with Gasteiger partial charge in [-0.25, -0.2) is 9.07 Å². The molecule has 9 heteroatoms. The Bertz CT molecular complexity index is 1390. The summed E-state index contributed by atoms with van der Waals surface area (Å²) in [5, 5.41) is 11.8. The number of likely N-dealkylation sites (tertiary alicyclic amines) is 1. The lowest BCUT2D eigenvalue weighted by molar-refractivity contribution is 0.0939. The number of carbonyl (C=O) groups is 1. The average molecular weight is 461 g/mol. The van der Waals surface area contributed by atoms with Gasteiger partial charge in [0, 0.05) is 23.0 Å². The molecule has 174 valence electrons. The molecule has 0 atom stereocenters. The molecule has 0 aliphatic carbocycles. The first-order valence-corrected chi connectivity index (χ1v) is 11.3. The Morgan fingerprint density at radius 2 is 1.91 bits per heavy atom. The maximum atomic E-state index is 13.6. The van der Waals surface area contributed by atoms with Gasteiger partial charge < -0.3 is 15.2 Å². The highest BCUT2D eigenvalue weighted by Gasteiger charge is 2.18. The summed E-state index contributed by atoms with van der Waals surface area (Å²) in [5.41, 5.74) is 2.16. The number of pyridine rings is 1. The predicted octanol–water partition coefficient (Wildman–Crippen LogP) is 2.99. The highest BCUT2D eigenvalue weighted by molar-refractivity contribution is 5.94. The average Bonchev–Trinajstić information content (AvgIpc) is 3.33. The van der Waals surface area contributed by atoms with Gasteiger partial charge in [-0.1, -0.05) is 5.21 Å². The largest absolute Gasteiger partial charge is 0.352 e. The zero-order valence-electron chi connectivity index (χ0n) is 18.8. The van der Waals surface area contributed by atoms with Gasteiger partial charge in [0.1, 0.15) is 11.5 Å². The molecule has 2 aromatic heterocycles. The van der Waals surface area contributed by atoms with Crippen molar-refractivity contribution in [3.05, 3.63) is 76.5 Å². The number of fused-ring (bicyclic) bond motifs is 1. The van der Waals surface area contributed by atoms with E-state index in [-0.39, 0.29) is 17.3 Å². The van der Waals surface area contributed by atoms with Gasteiger partial charge >= 0.3 is 0 Å². The molecule has 0 saturated carbocycles. The molecule has 1 aliphatic rings. The van der Waals surface area contributed by atoms with E-state index in [0.717, 1.165) is 25.9 Å². The van der Waals surface area contributed by atoms with E-state index >= 15 is 0 Å². The Labute approximate surface area is 195 Å². The first-order valence-electron chi connectivity index (χ1n) is 11.3. The third-order valence-electron chi connectivity index (χ3n) is 6.36. The smallest absolute Gasteiger partial charge is 0.258 e. The lowest BCUT2D eigenvalue weighted by atomic mass is 9.97. The fraction of sp³-hybridized carbons (Fsp3) is 0.280. The monoisotopic (exact) mass is 460 g/mol. The number of piperidine rings is 1. The first kappa shape index (κ1) is 22.0. The van der Waals surface area contributed by atoms with Crippen molar-refractivity contribution in [1.29, 1.82) is 0 Å². The van der Waals surface area contributed by atoms with Crippen LogP contribution in [0.15, 0.2) is 59.5 Å². The number of H-pyrrole nitrogens is 1. The second-order valence-electron chi connectivity index (χ2n) is 8.80. The molecule has 0 radical (unpaired) electrons. The van der Waals surface area contributed by atoms with Gasteiger partial charge in [0.05, 0.1) is 17.4 Å². The van der Waals surface area contributed by atoms with Crippen LogP contribution < -0.4 is 10.9 Å². The van der Waals surface area contributed by atoms with Crippen LogP contribution in [0, 0.1) is 11.7 Å². The van der Waals surface area contributed by atoms with Crippen LogP contribution in [0.4, 0.5) is 4.39 Å². The molecule has 2 N–H and O–H groups in total. The molecule has 5 rings (SSSR count). The van der Waals surface area contributed by atoms with Crippen LogP contribution in [0.3, 0.4) is 0 Å². The van der Waals surface area contributed by atoms with Crippen molar-refractivity contribution in [3.8, 4) is 16.9 Å². The summed E-state index contributed by atoms with van der Waals surface area (Å²) in [6.07, 6.45) is 3.82. The Balaban J connectivity index is 1.29. The molecule has 0 bridgehead atoms. The minimum Gasteiger partial charge on any atom is -0.352 e. The van der Waals surface area contributed by atoms with Crippen molar-refractivity contribution in [2.24, 2.45) is 5.92 Å². The Kier molecular flexibility index (Phi) is 5.93. The lowest BCUT2D eigenvalue weighted by Gasteiger charge is -2.28. The highest BCUT2D eigenvalue weighted by Crippen LogP contribution is 2.20. The number of nitrogens with zero attached hydrogens (tertiary/aromatic N) is 4. The van der Waals surface area contributed by atoms with Crippen LogP contribution in [0.1, 0.15) is 23.2 Å². The molecule has 34 heavy (non-hydrogen) atoms. The van der Waals surface area contributed by atoms with Crippen LogP contribution in [-0.2, 0) is 0 Å². The van der Waals surface area contributed by atoms with E-state index in [1.165, 1.54) is 22.9 Å². The molecule has 1 saturated heterocycles. The van der Waals surface area contributed by atoms with Gasteiger partial charge in [-0.05, 0) is 87.4 Å². The molecule has 1 amide bonds. The zero-order valence-corrected chi connectivity index (χ0v) is 18.8. The summed E-state index contributed by atoms with van der Waals surface area (Å²) < 4.78 is 15.1. The SMILES string of the molecule is CN1CCC(CNC(=O)c2ccc(-n3cc(-c4cc5cc(F)ccc5[nH]c4=O)nn3)cc2)CC1. The molecule has 0 unspecified atom stereocenters. The number of aromatic amines is 1. The molecule has 2 aromatic carbocycles. The zero-order chi connectivity index (χ0) is 23.7. The molecular formula is C25H25FN6O2. The van der Waals surface area contributed by atoms with E-state index in [1.54, 1.807) is 36.5 Å². The van der Waals surface area contributed by atoms with Crippen LogP contribution in [0.25, 0.3) is 27.8 Å². The third kappa shape index (κ3) is 4.60. The van der Waals surface area contributed by atoms with Gasteiger partial charge in [0.25, 0.3) is 11.5 Å². The lowest BCUT2D eigenvalue weighted by Crippen LogP contribution is -2.36. The summed E-state index contributed by atoms with van der Waals surface area (Å²) in [7, 11) is 2.12. The van der Waals surface area contributed by atoms with Crippen LogP contribution in [0.2, 0.25) is 0 Å². The number of benzene rings is 2. The van der Waals surface area contributed by atoms with Crippen molar-refractivity contribution in [2.45, 2.75) is 12.8 Å². The van der Waals surface area contributed by atoms with Crippen molar-refractivity contribution >= 4 is 16.8 Å². The van der Waals surface area contributed by atoms with Crippen LogP contribution in [-0.4, -0.2) is 57.5 Å². The maximum Gasteiger partial charge on any atom is 0.258 e. The topological polar surface area (TPSA) is 95.9 Å². The number of halogens is 1. The fourth-order valence-electron chi connectivity index (χ4n) is 4.25. The standard InChI is InChI=1S/C25H25FN6O2/c1-31-10-8-16(9-11-31)14-27-24(33)17-2-5-20(6-3-17)32-15-23(29-30-32)21-13-18-12-19(26)4-7-22(18)28-25(21)34/h2-7,12-13,15-16H,8-11,14H2,1H3,(H,27,33)(H,28,34). The van der Waals surface area contributed by atoms with Gasteiger partial charge in [0.15, 0.2) is 0 Å². The van der Waals surface area contributed by atoms with Gasteiger partial charge in [0.2, 0.25) is 0 Å². The van der Waals surface area contributed by atoms with Gasteiger partial charge in [-0.2, -0.15) is 0 Å². The molecule has 3 heterocycles. The molecular weight excluding hydrogens is 435 g/mol. The fourth-order valence-corrected chi connectivity index (χ4v) is 4.25. The van der Waals surface area contributed by atoms with Gasteiger partial charge in [-0.3, -0.25) is 9.59 Å². The number of nitrogens with one attached hydrogen (secondary N) is 2. The van der Waals surface area contributed by atoms with E-state index in [4.69, 9.17) is 0 Å². The highest BCUT2D eigenvalue weighted by atomic mass is 19.1. The van der Waals surface area contributed by atoms with E-state index in [1.807, 2.05) is 0 Å². The molecule has 8 nitrogen and oxygen atoms in total. The van der Waals surface area contributed by atoms with Crippen LogP contribution >= 0.6 is 0 Å². The molecule has 4 aromatic rings. The summed E-state index contributed by atoms with van der Waals surface area (Å²) >= 11 is 0. The number of hydrogen-bond donors (Lipinski definition) is 2. The normalized spacial score (nSPS) is 15.0. The second-order valence-corrected chi connectivity index (χ2v) is 8.80. The van der Waals surface area contributed by atoms with Crippen molar-refractivity contribution < 1.29 is 9.18 Å². The van der Waals surface area contributed by atoms with Gasteiger partial charge in [-0.15, -0.1) is 5.10 Å². The van der Waals surface area contributed by atoms with Crippen molar-refractivity contribution in [3.63, 3.8) is 0 Å². The van der Waals surface area contributed by atoms with Crippen molar-refractivity contribution in [1.82, 2.24) is 30.2 Å². The van der Waals surface area contributed by atoms with E-state index in [0.29, 0.717) is 45.9 Å². The Morgan fingerprint density at radius 3 is 2.68 bits per heavy atom. The molecule has 0 spiro atoms. The summed E-state index contributed by atoms with van der Waals surface area (Å²) in [5.74, 6) is 0.0343. The number of hydrogen-bond acceptors (Lipinski definition) is 5. The van der Waals surface area contributed by atoms with E-state index in [9.17, 15) is 14.0 Å². The number of carbonyl (C=O) groups excluding carboxylic acids is 1. The predicted molar refractivity (Wildman–Crippen MR) is 127 cm³/mol. The second kappa shape index (κ2) is 9.18. The van der Waals surface area contributed by atoms with E-state index < -0.39 is 0 Å². The first-order chi connectivity index (χ1) is 16.5. The summed E-state index contributed by atoms with van der Waals surface area (Å²) in [4.78, 5) is 30.1. The minimum atomic E-state index is -0.385.